The van der Waals surface area contributed by atoms with Crippen LogP contribution in [0.5, 0.6) is 0 Å². The van der Waals surface area contributed by atoms with E-state index >= 15 is 0 Å². The third-order valence-electron chi connectivity index (χ3n) is 3.96. The number of rotatable bonds is 4. The normalized spacial score (nSPS) is 16.3. The fraction of sp³-hybridized carbons (Fsp3) is 0.444. The summed E-state index contributed by atoms with van der Waals surface area (Å²) in [6.07, 6.45) is 4.80. The Kier molecular flexibility index (Phi) is 6.68. The third-order valence-corrected chi connectivity index (χ3v) is 3.96. The first-order chi connectivity index (χ1) is 12.0. The average molecular weight is 343 g/mol. The molecule has 1 atom stereocenters. The molecule has 2 amide bonds. The fourth-order valence-electron chi connectivity index (χ4n) is 2.51. The molecular weight excluding hydrogens is 318 g/mol. The number of pyridine rings is 1. The first-order valence-electron chi connectivity index (χ1n) is 8.41. The van der Waals surface area contributed by atoms with Crippen LogP contribution in [0.25, 0.3) is 0 Å². The van der Waals surface area contributed by atoms with E-state index in [2.05, 4.69) is 40.4 Å². The Hall–Kier alpha value is -2.70. The summed E-state index contributed by atoms with van der Waals surface area (Å²) in [7, 11) is 0. The zero-order valence-electron chi connectivity index (χ0n) is 14.9. The molecule has 0 aromatic carbocycles. The van der Waals surface area contributed by atoms with Gasteiger partial charge < -0.3 is 10.2 Å². The molecule has 1 aliphatic heterocycles. The topological polar surface area (TPSA) is 91.0 Å². The van der Waals surface area contributed by atoms with Gasteiger partial charge in [0.2, 0.25) is 6.41 Å². The predicted octanol–water partition coefficient (Wildman–Crippen LogP) is 1.88. The summed E-state index contributed by atoms with van der Waals surface area (Å²) in [5.74, 6) is 0.426. The van der Waals surface area contributed by atoms with Crippen molar-refractivity contribution < 1.29 is 9.59 Å². The monoisotopic (exact) mass is 343 g/mol. The van der Waals surface area contributed by atoms with Crippen LogP contribution in [0.2, 0.25) is 0 Å². The van der Waals surface area contributed by atoms with Gasteiger partial charge in [-0.05, 0) is 37.5 Å². The number of hydrogen-bond acceptors (Lipinski definition) is 4. The molecule has 0 radical (unpaired) electrons. The van der Waals surface area contributed by atoms with Crippen molar-refractivity contribution in [2.75, 3.05) is 13.1 Å². The summed E-state index contributed by atoms with van der Waals surface area (Å²) in [4.78, 5) is 27.8. The van der Waals surface area contributed by atoms with Crippen molar-refractivity contribution >= 4 is 12.3 Å². The van der Waals surface area contributed by atoms with Crippen LogP contribution < -0.4 is 5.32 Å². The zero-order chi connectivity index (χ0) is 18.2. The van der Waals surface area contributed by atoms with E-state index in [0.29, 0.717) is 24.6 Å². The molecule has 1 fully saturated rings. The third kappa shape index (κ3) is 5.70. The van der Waals surface area contributed by atoms with Gasteiger partial charge in [-0.1, -0.05) is 13.8 Å². The molecule has 0 aliphatic carbocycles. The van der Waals surface area contributed by atoms with Crippen LogP contribution in [0, 0.1) is 6.92 Å². The molecule has 1 unspecified atom stereocenters. The highest BCUT2D eigenvalue weighted by Crippen LogP contribution is 2.10. The second kappa shape index (κ2) is 8.96. The summed E-state index contributed by atoms with van der Waals surface area (Å²) < 4.78 is 0. The lowest BCUT2D eigenvalue weighted by Crippen LogP contribution is -2.36. The summed E-state index contributed by atoms with van der Waals surface area (Å²) >= 11 is 0. The van der Waals surface area contributed by atoms with E-state index in [-0.39, 0.29) is 11.9 Å². The van der Waals surface area contributed by atoms with Gasteiger partial charge in [0.25, 0.3) is 5.91 Å². The van der Waals surface area contributed by atoms with Crippen molar-refractivity contribution in [2.45, 2.75) is 39.2 Å². The van der Waals surface area contributed by atoms with Crippen LogP contribution in [-0.2, 0) is 4.79 Å². The Bertz CT molecular complexity index is 684. The number of aromatic amines is 1. The molecule has 2 aromatic heterocycles. The number of aromatic nitrogens is 3. The molecular formula is C18H25N5O2. The van der Waals surface area contributed by atoms with Crippen molar-refractivity contribution in [3.05, 3.63) is 47.5 Å². The molecule has 7 nitrogen and oxygen atoms in total. The summed E-state index contributed by atoms with van der Waals surface area (Å²) in [5, 5.41) is 9.88. The Morgan fingerprint density at radius 2 is 2.12 bits per heavy atom. The van der Waals surface area contributed by atoms with Crippen molar-refractivity contribution in [2.24, 2.45) is 0 Å². The Morgan fingerprint density at radius 3 is 2.60 bits per heavy atom. The average Bonchev–Trinajstić information content (AvgIpc) is 3.25. The van der Waals surface area contributed by atoms with E-state index < -0.39 is 0 Å². The molecule has 1 saturated heterocycles. The lowest BCUT2D eigenvalue weighted by atomic mass is 10.1. The van der Waals surface area contributed by atoms with Gasteiger partial charge in [-0.3, -0.25) is 19.7 Å². The summed E-state index contributed by atoms with van der Waals surface area (Å²) in [6, 6.07) is 5.47. The number of nitrogens with one attached hydrogen (secondary N) is 2. The molecule has 0 saturated carbocycles. The van der Waals surface area contributed by atoms with Crippen LogP contribution in [0.3, 0.4) is 0 Å². The summed E-state index contributed by atoms with van der Waals surface area (Å²) in [5.41, 5.74) is 2.88. The first kappa shape index (κ1) is 18.6. The molecule has 3 heterocycles. The van der Waals surface area contributed by atoms with E-state index in [1.807, 2.05) is 6.92 Å². The minimum absolute atomic E-state index is 0.0610. The van der Waals surface area contributed by atoms with Gasteiger partial charge >= 0.3 is 0 Å². The smallest absolute Gasteiger partial charge is 0.251 e. The van der Waals surface area contributed by atoms with Gasteiger partial charge in [-0.25, -0.2) is 0 Å². The number of carbonyl (C=O) groups excluding carboxylic acids is 2. The van der Waals surface area contributed by atoms with E-state index in [1.165, 1.54) is 0 Å². The molecule has 2 aromatic rings. The maximum atomic E-state index is 11.7. The number of aryl methyl sites for hydroxylation is 1. The van der Waals surface area contributed by atoms with E-state index in [9.17, 15) is 9.59 Å². The fourth-order valence-corrected chi connectivity index (χ4v) is 2.51. The maximum absolute atomic E-state index is 11.7. The SMILES string of the molecule is Cc1cc(C(C)C)n[nH]1.O=CN1CCC(NC(=O)c2ccncc2)C1. The molecule has 0 bridgehead atoms. The highest BCUT2D eigenvalue weighted by molar-refractivity contribution is 5.94. The Morgan fingerprint density at radius 1 is 1.40 bits per heavy atom. The van der Waals surface area contributed by atoms with E-state index in [1.54, 1.807) is 29.4 Å². The van der Waals surface area contributed by atoms with Gasteiger partial charge in [0.1, 0.15) is 0 Å². The van der Waals surface area contributed by atoms with Gasteiger partial charge in [-0.15, -0.1) is 0 Å². The number of hydrogen-bond donors (Lipinski definition) is 2. The zero-order valence-corrected chi connectivity index (χ0v) is 14.9. The van der Waals surface area contributed by atoms with Gasteiger partial charge in [0.05, 0.1) is 5.69 Å². The highest BCUT2D eigenvalue weighted by Gasteiger charge is 2.22. The summed E-state index contributed by atoms with van der Waals surface area (Å²) in [6.45, 7) is 7.59. The second-order valence-corrected chi connectivity index (χ2v) is 6.43. The minimum atomic E-state index is -0.111. The van der Waals surface area contributed by atoms with Crippen molar-refractivity contribution in [1.82, 2.24) is 25.4 Å². The van der Waals surface area contributed by atoms with E-state index in [0.717, 1.165) is 24.2 Å². The highest BCUT2D eigenvalue weighted by atomic mass is 16.2. The van der Waals surface area contributed by atoms with Crippen LogP contribution >= 0.6 is 0 Å². The van der Waals surface area contributed by atoms with Gasteiger partial charge in [0.15, 0.2) is 0 Å². The Labute approximate surface area is 147 Å². The standard InChI is InChI=1S/C11H13N3O2.C7H12N2/c15-8-14-6-3-10(7-14)13-11(16)9-1-4-12-5-2-9;1-5(2)7-4-6(3)8-9-7/h1-2,4-5,8,10H,3,6-7H2,(H,13,16);4-5H,1-3H3,(H,8,9). The molecule has 134 valence electrons. The van der Waals surface area contributed by atoms with Gasteiger partial charge in [-0.2, -0.15) is 5.10 Å². The molecule has 25 heavy (non-hydrogen) atoms. The lowest BCUT2D eigenvalue weighted by molar-refractivity contribution is -0.117. The van der Waals surface area contributed by atoms with Crippen LogP contribution in [0.15, 0.2) is 30.6 Å². The van der Waals surface area contributed by atoms with Gasteiger partial charge in [0, 0.05) is 42.8 Å². The second-order valence-electron chi connectivity index (χ2n) is 6.43. The number of likely N-dealkylation sites (tertiary alicyclic amines) is 1. The molecule has 1 aliphatic rings. The lowest BCUT2D eigenvalue weighted by Gasteiger charge is -2.12. The number of H-pyrrole nitrogens is 1. The predicted molar refractivity (Wildman–Crippen MR) is 95.2 cm³/mol. The molecule has 3 rings (SSSR count). The van der Waals surface area contributed by atoms with Crippen LogP contribution in [0.4, 0.5) is 0 Å². The molecule has 0 spiro atoms. The number of carbonyl (C=O) groups is 2. The number of amides is 2. The maximum Gasteiger partial charge on any atom is 0.251 e. The number of nitrogens with zero attached hydrogens (tertiary/aromatic N) is 3. The van der Waals surface area contributed by atoms with E-state index in [4.69, 9.17) is 0 Å². The molecule has 2 N–H and O–H groups in total. The quantitative estimate of drug-likeness (QED) is 0.829. The largest absolute Gasteiger partial charge is 0.347 e. The minimum Gasteiger partial charge on any atom is -0.347 e. The Balaban J connectivity index is 0.000000212. The first-order valence-corrected chi connectivity index (χ1v) is 8.41. The molecule has 7 heteroatoms. The van der Waals surface area contributed by atoms with Crippen LogP contribution in [0.1, 0.15) is 47.9 Å². The van der Waals surface area contributed by atoms with Crippen LogP contribution in [-0.4, -0.2) is 51.5 Å². The van der Waals surface area contributed by atoms with Crippen molar-refractivity contribution in [3.63, 3.8) is 0 Å². The van der Waals surface area contributed by atoms with Crippen molar-refractivity contribution in [1.29, 1.82) is 0 Å². The van der Waals surface area contributed by atoms with Crippen molar-refractivity contribution in [3.8, 4) is 0 Å².